The van der Waals surface area contributed by atoms with E-state index in [1.54, 1.807) is 4.90 Å². The van der Waals surface area contributed by atoms with E-state index in [9.17, 15) is 9.59 Å². The van der Waals surface area contributed by atoms with Gasteiger partial charge in [-0.2, -0.15) is 0 Å². The zero-order valence-electron chi connectivity index (χ0n) is 23.9. The monoisotopic (exact) mass is 564 g/mol. The van der Waals surface area contributed by atoms with Gasteiger partial charge in [0.2, 0.25) is 0 Å². The molecule has 4 fully saturated rings. The fourth-order valence-corrected chi connectivity index (χ4v) is 7.46. The van der Waals surface area contributed by atoms with Crippen molar-refractivity contribution >= 4 is 17.8 Å². The lowest BCUT2D eigenvalue weighted by Gasteiger charge is -2.49. The third-order valence-electron chi connectivity index (χ3n) is 9.78. The number of aromatic amines is 1. The van der Waals surface area contributed by atoms with Crippen molar-refractivity contribution in [2.24, 2.45) is 10.9 Å². The summed E-state index contributed by atoms with van der Waals surface area (Å²) in [5.41, 5.74) is 3.30. The molecule has 1 aromatic heterocycles. The molecule has 0 radical (unpaired) electrons. The molecule has 3 heterocycles. The number of rotatable bonds is 7. The molecular weight excluding hydrogens is 528 g/mol. The number of H-pyrrole nitrogens is 1. The Balaban J connectivity index is 1.15. The van der Waals surface area contributed by atoms with Crippen molar-refractivity contribution in [1.82, 2.24) is 35.3 Å². The van der Waals surface area contributed by atoms with Crippen LogP contribution in [0.2, 0.25) is 0 Å². The van der Waals surface area contributed by atoms with Gasteiger partial charge in [-0.05, 0) is 72.6 Å². The molecule has 10 heteroatoms. The van der Waals surface area contributed by atoms with Gasteiger partial charge in [-0.25, -0.2) is 14.9 Å². The van der Waals surface area contributed by atoms with Gasteiger partial charge < -0.3 is 4.90 Å². The summed E-state index contributed by atoms with van der Waals surface area (Å²) in [6, 6.07) is 16.2. The van der Waals surface area contributed by atoms with Crippen LogP contribution >= 0.6 is 0 Å². The number of fused-ring (bicyclic) bond motifs is 1. The molecule has 2 aromatic carbocycles. The number of nitrogens with one attached hydrogen (secondary N) is 1. The molecule has 5 aliphatic rings. The summed E-state index contributed by atoms with van der Waals surface area (Å²) >= 11 is 0. The Morgan fingerprint density at radius 2 is 1.60 bits per heavy atom. The van der Waals surface area contributed by atoms with E-state index in [0.29, 0.717) is 18.3 Å². The van der Waals surface area contributed by atoms with Crippen molar-refractivity contribution in [3.8, 4) is 22.5 Å². The first-order chi connectivity index (χ1) is 20.5. The van der Waals surface area contributed by atoms with E-state index in [0.717, 1.165) is 66.6 Å². The van der Waals surface area contributed by atoms with Gasteiger partial charge in [-0.3, -0.25) is 14.6 Å². The quantitative estimate of drug-likeness (QED) is 0.432. The molecule has 42 heavy (non-hydrogen) atoms. The minimum atomic E-state index is -0.864. The highest BCUT2D eigenvalue weighted by atomic mass is 16.2. The number of aliphatic imine (C=N–C) groups is 1. The maximum atomic E-state index is 14.3. The van der Waals surface area contributed by atoms with Crippen molar-refractivity contribution < 1.29 is 9.59 Å². The van der Waals surface area contributed by atoms with Crippen LogP contribution in [0.1, 0.15) is 70.3 Å². The molecule has 8 rings (SSSR count). The number of urea groups is 1. The van der Waals surface area contributed by atoms with E-state index < -0.39 is 11.7 Å². The molecule has 0 bridgehead atoms. The number of amides is 3. The van der Waals surface area contributed by atoms with Gasteiger partial charge in [0.25, 0.3) is 5.91 Å². The Hall–Kier alpha value is -4.08. The van der Waals surface area contributed by atoms with E-state index >= 15 is 0 Å². The van der Waals surface area contributed by atoms with E-state index in [1.165, 1.54) is 19.3 Å². The van der Waals surface area contributed by atoms with Gasteiger partial charge in [0.1, 0.15) is 5.84 Å². The number of nitrogens with zero attached hydrogens (tertiary/aromatic N) is 7. The summed E-state index contributed by atoms with van der Waals surface area (Å²) < 4.78 is 0. The molecule has 0 spiro atoms. The minimum absolute atomic E-state index is 0.0373. The smallest absolute Gasteiger partial charge is 0.329 e. The zero-order valence-corrected chi connectivity index (χ0v) is 23.9. The van der Waals surface area contributed by atoms with E-state index in [2.05, 4.69) is 55.9 Å². The molecule has 2 aliphatic heterocycles. The van der Waals surface area contributed by atoms with Gasteiger partial charge in [0.05, 0.1) is 0 Å². The summed E-state index contributed by atoms with van der Waals surface area (Å²) in [4.78, 5) is 39.3. The van der Waals surface area contributed by atoms with Crippen LogP contribution in [0.3, 0.4) is 0 Å². The summed E-state index contributed by atoms with van der Waals surface area (Å²) in [6.45, 7) is 2.62. The second kappa shape index (κ2) is 9.74. The highest BCUT2D eigenvalue weighted by Crippen LogP contribution is 2.48. The first-order valence-corrected chi connectivity index (χ1v) is 15.5. The van der Waals surface area contributed by atoms with Crippen molar-refractivity contribution in [3.63, 3.8) is 0 Å². The van der Waals surface area contributed by atoms with Crippen molar-refractivity contribution in [2.45, 2.75) is 95.0 Å². The molecule has 216 valence electrons. The van der Waals surface area contributed by atoms with E-state index in [1.807, 2.05) is 30.0 Å². The first-order valence-electron chi connectivity index (χ1n) is 15.5. The van der Waals surface area contributed by atoms with E-state index in [4.69, 9.17) is 4.99 Å². The lowest BCUT2D eigenvalue weighted by molar-refractivity contribution is -0.142. The van der Waals surface area contributed by atoms with Crippen LogP contribution in [0.4, 0.5) is 4.79 Å². The maximum absolute atomic E-state index is 14.3. The van der Waals surface area contributed by atoms with Crippen LogP contribution in [0.15, 0.2) is 53.5 Å². The molecule has 2 unspecified atom stereocenters. The highest BCUT2D eigenvalue weighted by molar-refractivity contribution is 6.06. The largest absolute Gasteiger partial charge is 0.340 e. The number of imide groups is 1. The summed E-state index contributed by atoms with van der Waals surface area (Å²) in [5.74, 6) is 1.91. The molecule has 2 atom stereocenters. The van der Waals surface area contributed by atoms with Crippen molar-refractivity contribution in [3.05, 3.63) is 54.1 Å². The standard InChI is InChI=1S/C32H36N8O2/c1-32-27(30(41)39(23-15-16-23)31(42)40(32)24-17-18-24)38(29(33-32)22-7-3-2-4-8-22)19-20-11-13-21(14-12-20)25-9-5-6-10-26(25)28-34-36-37-35-28/h5-6,9-14,22-24,27H,2-4,7-8,15-19H2,1H3,(H,34,35,36,37). The van der Waals surface area contributed by atoms with Crippen LogP contribution in [0.25, 0.3) is 22.5 Å². The Morgan fingerprint density at radius 1 is 0.881 bits per heavy atom. The molecular formula is C32H36N8O2. The van der Waals surface area contributed by atoms with Gasteiger partial charge in [0, 0.05) is 30.1 Å². The summed E-state index contributed by atoms with van der Waals surface area (Å²) in [6.07, 6.45) is 9.57. The fourth-order valence-electron chi connectivity index (χ4n) is 7.46. The molecule has 1 saturated heterocycles. The fraction of sp³-hybridized carbons (Fsp3) is 0.500. The molecule has 3 aliphatic carbocycles. The SMILES string of the molecule is CC12N=C(C3CCCCC3)N(Cc3ccc(-c4ccccc4-c4nnn[nH]4)cc3)C1C(=O)N(C1CC1)C(=O)N2C1CC1. The number of hydrogen-bond acceptors (Lipinski definition) is 7. The molecule has 1 N–H and O–H groups in total. The lowest BCUT2D eigenvalue weighted by Crippen LogP contribution is -2.72. The number of carbonyl (C=O) groups is 2. The number of carbonyl (C=O) groups excluding carboxylic acids is 2. The Kier molecular flexibility index (Phi) is 5.94. The van der Waals surface area contributed by atoms with Crippen LogP contribution < -0.4 is 0 Å². The first kappa shape index (κ1) is 25.6. The van der Waals surface area contributed by atoms with Crippen LogP contribution in [-0.2, 0) is 11.3 Å². The second-order valence-corrected chi connectivity index (χ2v) is 12.7. The van der Waals surface area contributed by atoms with E-state index in [-0.39, 0.29) is 24.0 Å². The Bertz CT molecular complexity index is 1540. The predicted octanol–water partition coefficient (Wildman–Crippen LogP) is 5.00. The topological polar surface area (TPSA) is 111 Å². The summed E-state index contributed by atoms with van der Waals surface area (Å²) in [7, 11) is 0. The molecule has 10 nitrogen and oxygen atoms in total. The summed E-state index contributed by atoms with van der Waals surface area (Å²) in [5, 5.41) is 14.5. The second-order valence-electron chi connectivity index (χ2n) is 12.7. The third kappa shape index (κ3) is 4.14. The average molecular weight is 565 g/mol. The zero-order chi connectivity index (χ0) is 28.4. The van der Waals surface area contributed by atoms with Gasteiger partial charge >= 0.3 is 6.03 Å². The number of aromatic nitrogens is 4. The number of amidine groups is 1. The van der Waals surface area contributed by atoms with Gasteiger partial charge in [0.15, 0.2) is 17.5 Å². The number of benzene rings is 2. The maximum Gasteiger partial charge on any atom is 0.329 e. The van der Waals surface area contributed by atoms with Crippen LogP contribution in [-0.4, -0.2) is 76.9 Å². The van der Waals surface area contributed by atoms with Crippen molar-refractivity contribution in [1.29, 1.82) is 0 Å². The third-order valence-corrected chi connectivity index (χ3v) is 9.78. The van der Waals surface area contributed by atoms with Gasteiger partial charge in [-0.1, -0.05) is 67.8 Å². The van der Waals surface area contributed by atoms with Crippen molar-refractivity contribution in [2.75, 3.05) is 0 Å². The van der Waals surface area contributed by atoms with Crippen LogP contribution in [0.5, 0.6) is 0 Å². The normalized spacial score (nSPS) is 26.5. The molecule has 3 amide bonds. The molecule has 3 aromatic rings. The predicted molar refractivity (Wildman–Crippen MR) is 157 cm³/mol. The minimum Gasteiger partial charge on any atom is -0.340 e. The number of tetrazole rings is 1. The average Bonchev–Trinajstić information content (AvgIpc) is 3.94. The number of hydrogen-bond donors (Lipinski definition) is 1. The Labute approximate surface area is 245 Å². The van der Waals surface area contributed by atoms with Gasteiger partial charge in [-0.15, -0.1) is 5.10 Å². The lowest BCUT2D eigenvalue weighted by atomic mass is 9.87. The molecule has 3 saturated carbocycles. The highest BCUT2D eigenvalue weighted by Gasteiger charge is 2.65. The van der Waals surface area contributed by atoms with Crippen LogP contribution in [0, 0.1) is 5.92 Å². The Morgan fingerprint density at radius 3 is 2.26 bits per heavy atom.